The van der Waals surface area contributed by atoms with E-state index >= 15 is 0 Å². The predicted octanol–water partition coefficient (Wildman–Crippen LogP) is 0.979. The molecule has 0 aliphatic heterocycles. The molecule has 0 aliphatic carbocycles. The maximum Gasteiger partial charge on any atom is 0.310 e. The second-order valence-electron chi connectivity index (χ2n) is 4.40. The Morgan fingerprint density at radius 2 is 1.95 bits per heavy atom. The number of hydrogen-bond donors (Lipinski definition) is 0. The van der Waals surface area contributed by atoms with Gasteiger partial charge in [0.2, 0.25) is 0 Å². The fourth-order valence-corrected chi connectivity index (χ4v) is 1.76. The maximum atomic E-state index is 12.4. The molecule has 6 heteroatoms. The third-order valence-electron chi connectivity index (χ3n) is 2.88. The van der Waals surface area contributed by atoms with E-state index in [-0.39, 0.29) is 24.3 Å². The van der Waals surface area contributed by atoms with E-state index in [0.717, 1.165) is 0 Å². The number of esters is 1. The molecule has 0 N–H and O–H groups in total. The lowest BCUT2D eigenvalue weighted by atomic mass is 10.1. The number of amides is 1. The SMILES string of the molecule is COCCN(CC(C)C(=O)OC)C(=O)c1ccncc1. The van der Waals surface area contributed by atoms with Crippen molar-refractivity contribution in [1.29, 1.82) is 0 Å². The van der Waals surface area contributed by atoms with Gasteiger partial charge in [-0.25, -0.2) is 0 Å². The molecule has 0 aliphatic rings. The lowest BCUT2D eigenvalue weighted by Crippen LogP contribution is -2.39. The zero-order chi connectivity index (χ0) is 15.0. The van der Waals surface area contributed by atoms with Gasteiger partial charge in [-0.2, -0.15) is 0 Å². The number of carbonyl (C=O) groups excluding carboxylic acids is 2. The molecular weight excluding hydrogens is 260 g/mol. The van der Waals surface area contributed by atoms with Gasteiger partial charge < -0.3 is 14.4 Å². The first-order valence-electron chi connectivity index (χ1n) is 6.36. The number of nitrogens with zero attached hydrogens (tertiary/aromatic N) is 2. The van der Waals surface area contributed by atoms with E-state index < -0.39 is 0 Å². The largest absolute Gasteiger partial charge is 0.469 e. The van der Waals surface area contributed by atoms with Gasteiger partial charge in [-0.3, -0.25) is 14.6 Å². The average Bonchev–Trinajstić information content (AvgIpc) is 2.50. The van der Waals surface area contributed by atoms with Crippen molar-refractivity contribution in [2.24, 2.45) is 5.92 Å². The summed E-state index contributed by atoms with van der Waals surface area (Å²) in [6, 6.07) is 3.29. The minimum Gasteiger partial charge on any atom is -0.469 e. The molecule has 1 unspecified atom stereocenters. The summed E-state index contributed by atoms with van der Waals surface area (Å²) in [5.41, 5.74) is 0.535. The summed E-state index contributed by atoms with van der Waals surface area (Å²) < 4.78 is 9.69. The molecule has 0 spiro atoms. The van der Waals surface area contributed by atoms with Crippen molar-refractivity contribution in [2.75, 3.05) is 33.9 Å². The molecule has 0 bridgehead atoms. The van der Waals surface area contributed by atoms with E-state index in [4.69, 9.17) is 4.74 Å². The minimum absolute atomic E-state index is 0.153. The molecule has 0 radical (unpaired) electrons. The van der Waals surface area contributed by atoms with Crippen molar-refractivity contribution < 1.29 is 19.1 Å². The molecule has 1 atom stereocenters. The normalized spacial score (nSPS) is 11.8. The summed E-state index contributed by atoms with van der Waals surface area (Å²) in [6.07, 6.45) is 3.12. The molecule has 1 amide bonds. The number of hydrogen-bond acceptors (Lipinski definition) is 5. The summed E-state index contributed by atoms with van der Waals surface area (Å²) in [7, 11) is 2.90. The van der Waals surface area contributed by atoms with Crippen LogP contribution in [0.15, 0.2) is 24.5 Å². The topological polar surface area (TPSA) is 68.7 Å². The van der Waals surface area contributed by atoms with Gasteiger partial charge in [-0.15, -0.1) is 0 Å². The average molecular weight is 280 g/mol. The molecule has 1 aromatic rings. The molecule has 20 heavy (non-hydrogen) atoms. The molecule has 0 aromatic carbocycles. The smallest absolute Gasteiger partial charge is 0.310 e. The van der Waals surface area contributed by atoms with Crippen LogP contribution in [0.5, 0.6) is 0 Å². The van der Waals surface area contributed by atoms with E-state index in [1.54, 1.807) is 43.5 Å². The molecule has 0 saturated heterocycles. The first-order valence-corrected chi connectivity index (χ1v) is 6.36. The van der Waals surface area contributed by atoms with Crippen molar-refractivity contribution in [1.82, 2.24) is 9.88 Å². The van der Waals surface area contributed by atoms with E-state index in [1.807, 2.05) is 0 Å². The Balaban J connectivity index is 2.78. The van der Waals surface area contributed by atoms with E-state index in [1.165, 1.54) is 7.11 Å². The van der Waals surface area contributed by atoms with Gasteiger partial charge in [-0.1, -0.05) is 6.92 Å². The van der Waals surface area contributed by atoms with Crippen LogP contribution in [0, 0.1) is 5.92 Å². The van der Waals surface area contributed by atoms with Crippen LogP contribution in [0.2, 0.25) is 0 Å². The highest BCUT2D eigenvalue weighted by molar-refractivity contribution is 5.94. The number of methoxy groups -OCH3 is 2. The number of carbonyl (C=O) groups is 2. The van der Waals surface area contributed by atoms with Crippen LogP contribution >= 0.6 is 0 Å². The fourth-order valence-electron chi connectivity index (χ4n) is 1.76. The van der Waals surface area contributed by atoms with E-state index in [0.29, 0.717) is 18.7 Å². The van der Waals surface area contributed by atoms with Gasteiger partial charge in [0.05, 0.1) is 19.6 Å². The standard InChI is InChI=1S/C14H20N2O4/c1-11(14(18)20-3)10-16(8-9-19-2)13(17)12-4-6-15-7-5-12/h4-7,11H,8-10H2,1-3H3. The van der Waals surface area contributed by atoms with Crippen LogP contribution in [-0.2, 0) is 14.3 Å². The van der Waals surface area contributed by atoms with E-state index in [9.17, 15) is 9.59 Å². The monoisotopic (exact) mass is 280 g/mol. The Morgan fingerprint density at radius 3 is 2.50 bits per heavy atom. The third kappa shape index (κ3) is 4.62. The lowest BCUT2D eigenvalue weighted by Gasteiger charge is -2.24. The van der Waals surface area contributed by atoms with Crippen molar-refractivity contribution in [3.05, 3.63) is 30.1 Å². The lowest BCUT2D eigenvalue weighted by molar-refractivity contribution is -0.145. The number of aromatic nitrogens is 1. The van der Waals surface area contributed by atoms with Gasteiger partial charge in [-0.05, 0) is 12.1 Å². The molecule has 110 valence electrons. The molecular formula is C14H20N2O4. The molecule has 1 rings (SSSR count). The molecule has 0 saturated carbocycles. The van der Waals surface area contributed by atoms with Crippen LogP contribution in [0.4, 0.5) is 0 Å². The van der Waals surface area contributed by atoms with Crippen LogP contribution in [-0.4, -0.2) is 55.7 Å². The van der Waals surface area contributed by atoms with Crippen molar-refractivity contribution >= 4 is 11.9 Å². The van der Waals surface area contributed by atoms with Crippen LogP contribution in [0.1, 0.15) is 17.3 Å². The first-order chi connectivity index (χ1) is 9.60. The van der Waals surface area contributed by atoms with Crippen LogP contribution in [0.3, 0.4) is 0 Å². The Kier molecular flexibility index (Phi) is 6.66. The zero-order valence-corrected chi connectivity index (χ0v) is 12.0. The number of pyridine rings is 1. The first kappa shape index (κ1) is 16.1. The van der Waals surface area contributed by atoms with Crippen molar-refractivity contribution in [3.63, 3.8) is 0 Å². The molecule has 0 fully saturated rings. The highest BCUT2D eigenvalue weighted by Gasteiger charge is 2.22. The van der Waals surface area contributed by atoms with Gasteiger partial charge in [0.1, 0.15) is 0 Å². The Bertz CT molecular complexity index is 436. The van der Waals surface area contributed by atoms with Crippen LogP contribution < -0.4 is 0 Å². The Hall–Kier alpha value is -1.95. The van der Waals surface area contributed by atoms with Gasteiger partial charge in [0, 0.05) is 38.2 Å². The fraction of sp³-hybridized carbons (Fsp3) is 0.500. The number of ether oxygens (including phenoxy) is 2. The Labute approximate surface area is 118 Å². The number of rotatable bonds is 7. The van der Waals surface area contributed by atoms with Crippen molar-refractivity contribution in [2.45, 2.75) is 6.92 Å². The zero-order valence-electron chi connectivity index (χ0n) is 12.0. The Morgan fingerprint density at radius 1 is 1.30 bits per heavy atom. The minimum atomic E-state index is -0.386. The van der Waals surface area contributed by atoms with Gasteiger partial charge in [0.25, 0.3) is 5.91 Å². The van der Waals surface area contributed by atoms with Gasteiger partial charge in [0.15, 0.2) is 0 Å². The quantitative estimate of drug-likeness (QED) is 0.696. The third-order valence-corrected chi connectivity index (χ3v) is 2.88. The molecule has 6 nitrogen and oxygen atoms in total. The highest BCUT2D eigenvalue weighted by Crippen LogP contribution is 2.08. The summed E-state index contributed by atoms with van der Waals surface area (Å²) in [4.78, 5) is 29.3. The summed E-state index contributed by atoms with van der Waals surface area (Å²) in [5.74, 6) is -0.877. The van der Waals surface area contributed by atoms with E-state index in [2.05, 4.69) is 9.72 Å². The highest BCUT2D eigenvalue weighted by atomic mass is 16.5. The van der Waals surface area contributed by atoms with Gasteiger partial charge >= 0.3 is 5.97 Å². The summed E-state index contributed by atoms with van der Waals surface area (Å²) in [6.45, 7) is 2.84. The van der Waals surface area contributed by atoms with Crippen LogP contribution in [0.25, 0.3) is 0 Å². The second kappa shape index (κ2) is 8.27. The molecule has 1 heterocycles. The second-order valence-corrected chi connectivity index (χ2v) is 4.40. The summed E-state index contributed by atoms with van der Waals surface area (Å²) in [5, 5.41) is 0. The maximum absolute atomic E-state index is 12.4. The summed E-state index contributed by atoms with van der Waals surface area (Å²) >= 11 is 0. The predicted molar refractivity (Wildman–Crippen MR) is 73.2 cm³/mol. The van der Waals surface area contributed by atoms with Crippen molar-refractivity contribution in [3.8, 4) is 0 Å². The molecule has 1 aromatic heterocycles.